The predicted molar refractivity (Wildman–Crippen MR) is 84.8 cm³/mol. The van der Waals surface area contributed by atoms with Crippen LogP contribution in [0.15, 0.2) is 0 Å². The summed E-state index contributed by atoms with van der Waals surface area (Å²) in [5.41, 5.74) is -1.54. The smallest absolute Gasteiger partial charge is 0.408 e. The molecule has 0 aromatic rings. The summed E-state index contributed by atoms with van der Waals surface area (Å²) < 4.78 is 24.9. The Hall–Kier alpha value is -1.35. The van der Waals surface area contributed by atoms with Gasteiger partial charge >= 0.3 is 12.1 Å². The average molecular weight is 350 g/mol. The van der Waals surface area contributed by atoms with Crippen molar-refractivity contribution in [2.45, 2.75) is 63.7 Å². The molecule has 0 bridgehead atoms. The van der Waals surface area contributed by atoms with E-state index in [4.69, 9.17) is 14.6 Å². The molecule has 0 aromatic heterocycles. The van der Waals surface area contributed by atoms with Crippen LogP contribution in [0.1, 0.15) is 46.5 Å². The van der Waals surface area contributed by atoms with Crippen LogP contribution >= 0.6 is 0 Å². The van der Waals surface area contributed by atoms with E-state index in [1.54, 1.807) is 20.8 Å². The van der Waals surface area contributed by atoms with Gasteiger partial charge in [-0.1, -0.05) is 0 Å². The van der Waals surface area contributed by atoms with Crippen molar-refractivity contribution in [3.05, 3.63) is 0 Å². The minimum Gasteiger partial charge on any atom is -0.480 e. The van der Waals surface area contributed by atoms with Crippen molar-refractivity contribution in [1.82, 2.24) is 5.32 Å². The molecular weight excluding hydrogens is 324 g/mol. The number of amides is 1. The molecule has 134 valence electrons. The van der Waals surface area contributed by atoms with Crippen LogP contribution in [-0.2, 0) is 19.3 Å². The number of rotatable bonds is 8. The van der Waals surface area contributed by atoms with Gasteiger partial charge in [-0.25, -0.2) is 13.8 Å². The molecular formula is C14H26N2O6S. The molecule has 0 aromatic carbocycles. The minimum atomic E-state index is -2.99. The van der Waals surface area contributed by atoms with Crippen molar-refractivity contribution in [3.63, 3.8) is 0 Å². The van der Waals surface area contributed by atoms with Gasteiger partial charge in [-0.3, -0.25) is 4.78 Å². The number of carbonyl (C=O) groups is 2. The SMILES string of the molecule is CC(C)(C)OC(=O)NC(CCS(=N)(=O)CCC1(O)CC1)C(=O)O. The first-order chi connectivity index (χ1) is 10.3. The Kier molecular flexibility index (Phi) is 6.03. The first-order valence-electron chi connectivity index (χ1n) is 7.51. The maximum Gasteiger partial charge on any atom is 0.408 e. The van der Waals surface area contributed by atoms with Gasteiger partial charge < -0.3 is 20.3 Å². The van der Waals surface area contributed by atoms with Gasteiger partial charge in [-0.15, -0.1) is 0 Å². The Morgan fingerprint density at radius 2 is 1.91 bits per heavy atom. The number of hydrogen-bond acceptors (Lipinski definition) is 6. The third kappa shape index (κ3) is 8.17. The lowest BCUT2D eigenvalue weighted by atomic mass is 10.2. The second kappa shape index (κ2) is 7.04. The van der Waals surface area contributed by atoms with E-state index >= 15 is 0 Å². The topological polar surface area (TPSA) is 137 Å². The summed E-state index contributed by atoms with van der Waals surface area (Å²) in [6.45, 7) is 4.96. The van der Waals surface area contributed by atoms with Gasteiger partial charge in [0.05, 0.1) is 5.60 Å². The molecule has 1 saturated carbocycles. The highest BCUT2D eigenvalue weighted by Crippen LogP contribution is 2.38. The summed E-state index contributed by atoms with van der Waals surface area (Å²) >= 11 is 0. The lowest BCUT2D eigenvalue weighted by Gasteiger charge is -2.22. The van der Waals surface area contributed by atoms with Crippen LogP contribution in [0.5, 0.6) is 0 Å². The number of hydrogen-bond donors (Lipinski definition) is 4. The number of alkyl carbamates (subject to hydrolysis) is 1. The number of carboxylic acid groups (broad SMARTS) is 1. The second-order valence-electron chi connectivity index (χ2n) is 7.02. The molecule has 0 radical (unpaired) electrons. The number of carbonyl (C=O) groups excluding carboxylic acids is 1. The van der Waals surface area contributed by atoms with Crippen molar-refractivity contribution < 1.29 is 28.7 Å². The van der Waals surface area contributed by atoms with Gasteiger partial charge in [-0.05, 0) is 46.5 Å². The van der Waals surface area contributed by atoms with Crippen LogP contribution in [0, 0.1) is 4.78 Å². The minimum absolute atomic E-state index is 0.0300. The van der Waals surface area contributed by atoms with E-state index < -0.39 is 39.0 Å². The predicted octanol–water partition coefficient (Wildman–Crippen LogP) is 1.32. The molecule has 23 heavy (non-hydrogen) atoms. The highest BCUT2D eigenvalue weighted by atomic mass is 32.2. The van der Waals surface area contributed by atoms with E-state index in [9.17, 15) is 18.9 Å². The van der Waals surface area contributed by atoms with Crippen molar-refractivity contribution in [3.8, 4) is 0 Å². The fourth-order valence-electron chi connectivity index (χ4n) is 1.87. The van der Waals surface area contributed by atoms with Crippen LogP contribution in [0.3, 0.4) is 0 Å². The van der Waals surface area contributed by atoms with E-state index in [1.807, 2.05) is 0 Å². The average Bonchev–Trinajstić information content (AvgIpc) is 3.09. The van der Waals surface area contributed by atoms with Gasteiger partial charge in [-0.2, -0.15) is 0 Å². The Balaban J connectivity index is 2.49. The third-order valence-corrected chi connectivity index (χ3v) is 5.21. The van der Waals surface area contributed by atoms with E-state index in [1.165, 1.54) is 0 Å². The maximum atomic E-state index is 12.1. The number of aliphatic hydroxyl groups is 1. The summed E-state index contributed by atoms with van der Waals surface area (Å²) in [6, 6.07) is -1.26. The van der Waals surface area contributed by atoms with Gasteiger partial charge in [0.1, 0.15) is 11.6 Å². The van der Waals surface area contributed by atoms with Gasteiger partial charge in [0.15, 0.2) is 0 Å². The van der Waals surface area contributed by atoms with Crippen LogP contribution in [-0.4, -0.2) is 55.2 Å². The van der Waals surface area contributed by atoms with Crippen molar-refractivity contribution in [1.29, 1.82) is 4.78 Å². The monoisotopic (exact) mass is 350 g/mol. The molecule has 8 nitrogen and oxygen atoms in total. The Morgan fingerprint density at radius 1 is 1.35 bits per heavy atom. The molecule has 1 aliphatic rings. The zero-order valence-corrected chi connectivity index (χ0v) is 14.6. The Labute approximate surface area is 136 Å². The molecule has 9 heteroatoms. The van der Waals surface area contributed by atoms with E-state index in [0.29, 0.717) is 12.8 Å². The summed E-state index contributed by atoms with van der Waals surface area (Å²) in [6.07, 6.45) is 0.594. The van der Waals surface area contributed by atoms with E-state index in [-0.39, 0.29) is 24.3 Å². The van der Waals surface area contributed by atoms with Crippen molar-refractivity contribution in [2.75, 3.05) is 11.5 Å². The number of ether oxygens (including phenoxy) is 1. The molecule has 1 rings (SSSR count). The quantitative estimate of drug-likeness (QED) is 0.521. The second-order valence-corrected chi connectivity index (χ2v) is 9.46. The first kappa shape index (κ1) is 19.7. The molecule has 2 atom stereocenters. The first-order valence-corrected chi connectivity index (χ1v) is 9.40. The molecule has 0 saturated heterocycles. The van der Waals surface area contributed by atoms with Gasteiger partial charge in [0, 0.05) is 21.2 Å². The summed E-state index contributed by atoms with van der Waals surface area (Å²) in [5.74, 6) is -1.40. The van der Waals surface area contributed by atoms with E-state index in [2.05, 4.69) is 5.32 Å². The molecule has 0 aliphatic heterocycles. The fraction of sp³-hybridized carbons (Fsp3) is 0.857. The van der Waals surface area contributed by atoms with Gasteiger partial charge in [0.2, 0.25) is 0 Å². The third-order valence-electron chi connectivity index (χ3n) is 3.45. The normalized spacial score (nSPS) is 20.2. The lowest BCUT2D eigenvalue weighted by Crippen LogP contribution is -2.44. The lowest BCUT2D eigenvalue weighted by molar-refractivity contribution is -0.139. The Morgan fingerprint density at radius 3 is 2.35 bits per heavy atom. The van der Waals surface area contributed by atoms with Gasteiger partial charge in [0.25, 0.3) is 0 Å². The molecule has 1 amide bonds. The summed E-state index contributed by atoms with van der Waals surface area (Å²) in [7, 11) is -2.99. The zero-order valence-electron chi connectivity index (χ0n) is 13.8. The highest BCUT2D eigenvalue weighted by Gasteiger charge is 2.40. The molecule has 0 spiro atoms. The van der Waals surface area contributed by atoms with Crippen LogP contribution < -0.4 is 5.32 Å². The number of nitrogens with one attached hydrogen (secondary N) is 2. The molecule has 2 unspecified atom stereocenters. The van der Waals surface area contributed by atoms with Crippen LogP contribution in [0.4, 0.5) is 4.79 Å². The van der Waals surface area contributed by atoms with Crippen molar-refractivity contribution >= 4 is 21.8 Å². The van der Waals surface area contributed by atoms with Crippen LogP contribution in [0.25, 0.3) is 0 Å². The van der Waals surface area contributed by atoms with Crippen LogP contribution in [0.2, 0.25) is 0 Å². The summed E-state index contributed by atoms with van der Waals surface area (Å²) in [4.78, 5) is 22.8. The largest absolute Gasteiger partial charge is 0.480 e. The molecule has 1 fully saturated rings. The molecule has 0 heterocycles. The Bertz CT molecular complexity index is 548. The van der Waals surface area contributed by atoms with Crippen molar-refractivity contribution in [2.24, 2.45) is 0 Å². The zero-order chi connectivity index (χ0) is 17.9. The highest BCUT2D eigenvalue weighted by molar-refractivity contribution is 7.92. The summed E-state index contributed by atoms with van der Waals surface area (Å²) in [5, 5.41) is 21.0. The fourth-order valence-corrected chi connectivity index (χ4v) is 3.40. The molecule has 4 N–H and O–H groups in total. The standard InChI is InChI=1S/C14H26N2O6S/c1-13(2,3)22-12(19)16-10(11(17)18)4-8-23(15,21)9-7-14(20)5-6-14/h10,15,20H,4-9H2,1-3H3,(H,16,19)(H,17,18). The van der Waals surface area contributed by atoms with E-state index in [0.717, 1.165) is 0 Å². The number of carboxylic acids is 1. The molecule has 1 aliphatic carbocycles. The maximum absolute atomic E-state index is 12.1. The number of aliphatic carboxylic acids is 1.